The summed E-state index contributed by atoms with van der Waals surface area (Å²) in [5.74, 6) is 0.866. The predicted molar refractivity (Wildman–Crippen MR) is 96.9 cm³/mol. The zero-order valence-electron chi connectivity index (χ0n) is 15.0. The van der Waals surface area contributed by atoms with Gasteiger partial charge >= 0.3 is 28.5 Å². The Morgan fingerprint density at radius 3 is 1.88 bits per heavy atom. The lowest BCUT2D eigenvalue weighted by molar-refractivity contribution is -0.558. The molecule has 0 radical (unpaired) electrons. The molecule has 0 N–H and O–H groups in total. The van der Waals surface area contributed by atoms with Gasteiger partial charge in [-0.3, -0.25) is 0 Å². The van der Waals surface area contributed by atoms with E-state index in [2.05, 4.69) is 31.2 Å². The third-order valence-corrected chi connectivity index (χ3v) is 6.05. The molecule has 0 saturated carbocycles. The van der Waals surface area contributed by atoms with Gasteiger partial charge in [-0.15, -0.1) is 11.6 Å². The topological polar surface area (TPSA) is 0 Å². The molecule has 0 saturated heterocycles. The maximum atomic E-state index is 13.7. The molecule has 0 fully saturated rings. The fourth-order valence-electron chi connectivity index (χ4n) is 2.05. The average molecular weight is 511 g/mol. The Bertz CT molecular complexity index is 485. The van der Waals surface area contributed by atoms with Crippen LogP contribution in [0.5, 0.6) is 0 Å². The van der Waals surface area contributed by atoms with Crippen molar-refractivity contribution in [3.63, 3.8) is 0 Å². The van der Waals surface area contributed by atoms with Crippen molar-refractivity contribution in [1.82, 2.24) is 0 Å². The van der Waals surface area contributed by atoms with Gasteiger partial charge in [0, 0.05) is 12.3 Å². The second-order valence-electron chi connectivity index (χ2n) is 5.87. The molecule has 0 heterocycles. The first-order valence-corrected chi connectivity index (χ1v) is 11.6. The van der Waals surface area contributed by atoms with E-state index < -0.39 is 7.25 Å². The quantitative estimate of drug-likeness (QED) is 0.133. The molecule has 0 amide bonds. The second kappa shape index (κ2) is 15.7. The summed E-state index contributed by atoms with van der Waals surface area (Å²) in [6.07, 6.45) is 8.86. The van der Waals surface area contributed by atoms with Gasteiger partial charge in [-0.2, -0.15) is 0 Å². The largest absolute Gasteiger partial charge is 0.673 e. The lowest BCUT2D eigenvalue weighted by Crippen LogP contribution is -3.59. The lowest BCUT2D eigenvalue weighted by atomic mass is 10.1. The van der Waals surface area contributed by atoms with Crippen LogP contribution in [0.1, 0.15) is 56.9 Å². The number of hydrogen-bond acceptors (Lipinski definition) is 0. The molecule has 1 rings (SSSR count). The summed E-state index contributed by atoms with van der Waals surface area (Å²) in [6.45, 7) is 2.08. The van der Waals surface area contributed by atoms with Crippen molar-refractivity contribution in [2.45, 2.75) is 58.3 Å². The molecule has 26 heavy (non-hydrogen) atoms. The summed E-state index contributed by atoms with van der Waals surface area (Å²) in [5, 5.41) is 0. The Hall–Kier alpha value is -0.305. The molecule has 8 heteroatoms. The van der Waals surface area contributed by atoms with Gasteiger partial charge in [-0.1, -0.05) is 49.8 Å². The van der Waals surface area contributed by atoms with Crippen LogP contribution in [0.3, 0.4) is 0 Å². The van der Waals surface area contributed by atoms with Gasteiger partial charge in [0.05, 0.1) is 0 Å². The summed E-state index contributed by atoms with van der Waals surface area (Å²) >= 11 is 5.32. The molecule has 0 aromatic heterocycles. The molecule has 0 unspecified atom stereocenters. The van der Waals surface area contributed by atoms with Crippen LogP contribution in [-0.4, -0.2) is 13.1 Å². The minimum atomic E-state index is -6.00. The second-order valence-corrected chi connectivity index (χ2v) is 8.74. The molecule has 0 aliphatic carbocycles. The van der Waals surface area contributed by atoms with Crippen molar-refractivity contribution in [1.29, 1.82) is 0 Å². The molecule has 0 spiro atoms. The van der Waals surface area contributed by atoms with Crippen molar-refractivity contribution in [2.75, 3.05) is 5.88 Å². The first-order chi connectivity index (χ1) is 12.2. The summed E-state index contributed by atoms with van der Waals surface area (Å²) in [7, 11) is -6.00. The minimum Gasteiger partial charge on any atom is -0.418 e. The zero-order valence-corrected chi connectivity index (χ0v) is 17.9. The number of hydrogen-bond donors (Lipinski definition) is 0. The van der Waals surface area contributed by atoms with E-state index >= 15 is 0 Å². The number of allylic oxidation sites excluding steroid dienone is 1. The number of halogens is 7. The Morgan fingerprint density at radius 1 is 0.923 bits per heavy atom. The normalized spacial score (nSPS) is 11.9. The Balaban J connectivity index is 0.00000110. The van der Waals surface area contributed by atoms with Gasteiger partial charge in [0.2, 0.25) is 0 Å². The Morgan fingerprint density at radius 2 is 1.38 bits per heavy atom. The van der Waals surface area contributed by atoms with Crippen LogP contribution in [0.25, 0.3) is 0 Å². The Kier molecular flexibility index (Phi) is 15.5. The van der Waals surface area contributed by atoms with E-state index in [9.17, 15) is 21.7 Å². The Labute approximate surface area is 168 Å². The first-order valence-electron chi connectivity index (χ1n) is 8.70. The lowest BCUT2D eigenvalue weighted by Gasteiger charge is -1.99. The highest BCUT2D eigenvalue weighted by molar-refractivity contribution is 6.50. The monoisotopic (exact) mass is 510 g/mol. The molecule has 0 aliphatic rings. The fraction of sp³-hybridized carbons (Fsp3) is 0.556. The van der Waals surface area contributed by atoms with Crippen molar-refractivity contribution in [3.05, 3.63) is 43.3 Å². The van der Waals surface area contributed by atoms with Crippen molar-refractivity contribution in [3.8, 4) is 0 Å². The van der Waals surface area contributed by atoms with Crippen LogP contribution in [0.15, 0.2) is 34.2 Å². The van der Waals surface area contributed by atoms with Crippen molar-refractivity contribution < 1.29 is 42.9 Å². The van der Waals surface area contributed by atoms with Crippen LogP contribution >= 0.6 is 11.6 Å². The zero-order chi connectivity index (χ0) is 19.8. The van der Waals surface area contributed by atoms with Gasteiger partial charge in [-0.25, -0.2) is 4.39 Å². The minimum absolute atomic E-state index is 0.0884. The highest BCUT2D eigenvalue weighted by atomic mass is 127. The summed E-state index contributed by atoms with van der Waals surface area (Å²) < 4.78 is 55.8. The summed E-state index contributed by atoms with van der Waals surface area (Å²) in [5.41, 5.74) is 1.26. The fourth-order valence-corrected chi connectivity index (χ4v) is 4.03. The van der Waals surface area contributed by atoms with Crippen molar-refractivity contribution in [2.24, 2.45) is 0 Å². The number of alkyl halides is 1. The van der Waals surface area contributed by atoms with Gasteiger partial charge < -0.3 is 17.3 Å². The van der Waals surface area contributed by atoms with E-state index in [1.165, 1.54) is 34.8 Å². The molecule has 0 atom stereocenters. The summed E-state index contributed by atoms with van der Waals surface area (Å²) in [6, 6.07) is 8.44. The van der Waals surface area contributed by atoms with Crippen LogP contribution in [-0.2, 0) is 0 Å². The third kappa shape index (κ3) is 20.0. The number of rotatable bonds is 11. The van der Waals surface area contributed by atoms with E-state index in [-0.39, 0.29) is 27.0 Å². The predicted octanol–water partition coefficient (Wildman–Crippen LogP) is 4.72. The molecule has 1 aromatic carbocycles. The third-order valence-electron chi connectivity index (χ3n) is 3.36. The average Bonchev–Trinajstić information content (AvgIpc) is 2.55. The van der Waals surface area contributed by atoms with Crippen LogP contribution < -0.4 is 21.2 Å². The van der Waals surface area contributed by atoms with Gasteiger partial charge in [-0.05, 0) is 31.9 Å². The first kappa shape index (κ1) is 25.7. The number of aryl methyl sites for hydroxylation is 1. The molecule has 150 valence electrons. The molecular formula is C18H26BClF5I. The van der Waals surface area contributed by atoms with Crippen LogP contribution in [0, 0.1) is 10.5 Å². The molecule has 0 aliphatic heterocycles. The maximum absolute atomic E-state index is 13.7. The van der Waals surface area contributed by atoms with E-state index in [0.29, 0.717) is 6.42 Å². The highest BCUT2D eigenvalue weighted by Crippen LogP contribution is 2.12. The van der Waals surface area contributed by atoms with E-state index in [4.69, 9.17) is 11.6 Å². The molecule has 0 nitrogen and oxygen atoms in total. The smallest absolute Gasteiger partial charge is 0.418 e. The number of benzene rings is 1. The van der Waals surface area contributed by atoms with Gasteiger partial charge in [0.15, 0.2) is 7.65 Å². The SMILES string of the molecule is Cc1ccc([I+]/C=C(/F)CCCCCCCCCCl)cc1.F[B-](F)(F)F. The highest BCUT2D eigenvalue weighted by Gasteiger charge is 2.20. The van der Waals surface area contributed by atoms with Crippen LogP contribution in [0.4, 0.5) is 21.7 Å². The molecule has 1 aromatic rings. The van der Waals surface area contributed by atoms with Crippen molar-refractivity contribution >= 4 is 18.9 Å². The van der Waals surface area contributed by atoms with E-state index in [1.807, 2.05) is 4.08 Å². The summed E-state index contributed by atoms with van der Waals surface area (Å²) in [4.78, 5) is 0. The van der Waals surface area contributed by atoms with Gasteiger partial charge in [0.25, 0.3) is 0 Å². The van der Waals surface area contributed by atoms with Crippen LogP contribution in [0.2, 0.25) is 0 Å². The van der Waals surface area contributed by atoms with E-state index in [1.54, 1.807) is 0 Å². The molecular weight excluding hydrogens is 484 g/mol. The maximum Gasteiger partial charge on any atom is 0.673 e. The van der Waals surface area contributed by atoms with Gasteiger partial charge in [0.1, 0.15) is 5.83 Å². The van der Waals surface area contributed by atoms with E-state index in [0.717, 1.165) is 25.1 Å². The molecule has 0 bridgehead atoms. The number of unbranched alkanes of at least 4 members (excludes halogenated alkanes) is 6. The standard InChI is InChI=1S/C18H26ClFI.BF4/c1-16-10-12-18(13-11-16)21-15-17(20)9-7-5-3-2-4-6-8-14-19;2-1(3,4)5/h10-13,15H,2-9,14H2,1H3;/q+1;-1/b17-15+;.